The zero-order chi connectivity index (χ0) is 17.2. The molecule has 0 radical (unpaired) electrons. The lowest BCUT2D eigenvalue weighted by atomic mass is 10.0. The number of rotatable bonds is 3. The number of ether oxygens (including phenoxy) is 1. The van der Waals surface area contributed by atoms with Gasteiger partial charge in [0.15, 0.2) is 0 Å². The van der Waals surface area contributed by atoms with E-state index in [1.54, 1.807) is 18.2 Å². The fraction of sp³-hybridized carbons (Fsp3) is 0.350. The predicted molar refractivity (Wildman–Crippen MR) is 92.7 cm³/mol. The molecule has 4 rings (SSSR count). The van der Waals surface area contributed by atoms with E-state index in [2.05, 4.69) is 22.4 Å². The number of nitrogens with one attached hydrogen (secondary N) is 1. The second-order valence-corrected chi connectivity index (χ2v) is 6.70. The van der Waals surface area contributed by atoms with Gasteiger partial charge in [-0.15, -0.1) is 0 Å². The lowest BCUT2D eigenvalue weighted by Gasteiger charge is -2.29. The summed E-state index contributed by atoms with van der Waals surface area (Å²) in [7, 11) is 0. The second-order valence-electron chi connectivity index (χ2n) is 6.70. The molecule has 5 nitrogen and oxygen atoms in total. The third-order valence-corrected chi connectivity index (χ3v) is 4.97. The number of fused-ring (bicyclic) bond motifs is 2. The van der Waals surface area contributed by atoms with Crippen molar-refractivity contribution in [3.63, 3.8) is 0 Å². The van der Waals surface area contributed by atoms with E-state index in [-0.39, 0.29) is 6.10 Å². The summed E-state index contributed by atoms with van der Waals surface area (Å²) in [6, 6.07) is 16.1. The summed E-state index contributed by atoms with van der Waals surface area (Å²) in [4.78, 5) is 4.58. The van der Waals surface area contributed by atoms with Gasteiger partial charge in [-0.1, -0.05) is 18.2 Å². The van der Waals surface area contributed by atoms with Crippen LogP contribution in [0, 0.1) is 22.7 Å². The number of hydrogen-bond acceptors (Lipinski definition) is 5. The van der Waals surface area contributed by atoms with Gasteiger partial charge in [0.2, 0.25) is 5.88 Å². The molecule has 2 aliphatic heterocycles. The maximum absolute atomic E-state index is 9.35. The molecule has 0 saturated carbocycles. The molecule has 1 aromatic carbocycles. The summed E-state index contributed by atoms with van der Waals surface area (Å²) in [5.41, 5.74) is 2.35. The molecule has 2 aromatic rings. The number of piperidine rings is 1. The molecule has 5 heteroatoms. The Kier molecular flexibility index (Phi) is 4.09. The number of hydrogen-bond donors (Lipinski definition) is 1. The van der Waals surface area contributed by atoms with Crippen molar-refractivity contribution in [1.29, 1.82) is 10.5 Å². The first-order valence-corrected chi connectivity index (χ1v) is 8.59. The summed E-state index contributed by atoms with van der Waals surface area (Å²) in [5, 5.41) is 22.3. The van der Waals surface area contributed by atoms with Crippen LogP contribution in [0.5, 0.6) is 5.88 Å². The Hall–Kier alpha value is -2.89. The normalized spacial score (nSPS) is 24.3. The maximum atomic E-state index is 9.35. The molecule has 0 spiro atoms. The molecule has 25 heavy (non-hydrogen) atoms. The molecule has 3 heterocycles. The van der Waals surface area contributed by atoms with Crippen LogP contribution in [0.3, 0.4) is 0 Å². The van der Waals surface area contributed by atoms with Crippen LogP contribution < -0.4 is 10.1 Å². The van der Waals surface area contributed by atoms with Crippen molar-refractivity contribution in [2.45, 2.75) is 43.9 Å². The third kappa shape index (κ3) is 3.20. The van der Waals surface area contributed by atoms with Crippen LogP contribution in [-0.4, -0.2) is 23.2 Å². The molecule has 0 amide bonds. The second kappa shape index (κ2) is 6.55. The van der Waals surface area contributed by atoms with Crippen LogP contribution in [0.25, 0.3) is 11.3 Å². The van der Waals surface area contributed by atoms with Crippen LogP contribution in [-0.2, 0) is 0 Å². The average Bonchev–Trinajstić information content (AvgIpc) is 2.99. The van der Waals surface area contributed by atoms with Crippen molar-refractivity contribution < 1.29 is 4.74 Å². The van der Waals surface area contributed by atoms with Crippen molar-refractivity contribution in [3.8, 4) is 29.3 Å². The molecule has 0 unspecified atom stereocenters. The Balaban J connectivity index is 1.65. The van der Waals surface area contributed by atoms with E-state index in [0.717, 1.165) is 18.4 Å². The maximum Gasteiger partial charge on any atom is 0.215 e. The summed E-state index contributed by atoms with van der Waals surface area (Å²) < 4.78 is 6.13. The lowest BCUT2D eigenvalue weighted by Crippen LogP contribution is -2.42. The molecule has 1 aromatic heterocycles. The van der Waals surface area contributed by atoms with Crippen LogP contribution >= 0.6 is 0 Å². The standard InChI is InChI=1S/C20H18N4O/c21-11-13-7-19(18-4-2-1-3-14(18)12-22)24-20(8-13)25-17-9-15-5-6-16(10-17)23-15/h1-4,7-8,15-17,23H,5-6,9-10H2/t15-,16+,17-. The van der Waals surface area contributed by atoms with Crippen molar-refractivity contribution in [2.75, 3.05) is 0 Å². The highest BCUT2D eigenvalue weighted by atomic mass is 16.5. The van der Waals surface area contributed by atoms with Gasteiger partial charge >= 0.3 is 0 Å². The quantitative estimate of drug-likeness (QED) is 0.935. The smallest absolute Gasteiger partial charge is 0.215 e. The zero-order valence-corrected chi connectivity index (χ0v) is 13.8. The van der Waals surface area contributed by atoms with Crippen LogP contribution in [0.4, 0.5) is 0 Å². The third-order valence-electron chi connectivity index (χ3n) is 4.97. The fourth-order valence-corrected chi connectivity index (χ4v) is 3.84. The van der Waals surface area contributed by atoms with Crippen molar-refractivity contribution in [1.82, 2.24) is 10.3 Å². The van der Waals surface area contributed by atoms with Gasteiger partial charge in [0.1, 0.15) is 6.10 Å². The van der Waals surface area contributed by atoms with E-state index >= 15 is 0 Å². The fourth-order valence-electron chi connectivity index (χ4n) is 3.84. The van der Waals surface area contributed by atoms with E-state index in [1.165, 1.54) is 12.8 Å². The van der Waals surface area contributed by atoms with E-state index in [4.69, 9.17) is 4.74 Å². The average molecular weight is 330 g/mol. The Morgan fingerprint density at radius 2 is 1.80 bits per heavy atom. The molecular formula is C20H18N4O. The molecule has 2 fully saturated rings. The highest BCUT2D eigenvalue weighted by Gasteiger charge is 2.34. The zero-order valence-electron chi connectivity index (χ0n) is 13.8. The first kappa shape index (κ1) is 15.6. The minimum absolute atomic E-state index is 0.124. The van der Waals surface area contributed by atoms with Gasteiger partial charge in [0.05, 0.1) is 29.0 Å². The van der Waals surface area contributed by atoms with E-state index in [1.807, 2.05) is 18.2 Å². The predicted octanol–water partition coefficient (Wildman–Crippen LogP) is 3.15. The highest BCUT2D eigenvalue weighted by Crippen LogP contribution is 2.31. The first-order valence-electron chi connectivity index (χ1n) is 8.59. The van der Waals surface area contributed by atoms with E-state index in [0.29, 0.717) is 34.8 Å². The van der Waals surface area contributed by atoms with Crippen LogP contribution in [0.1, 0.15) is 36.8 Å². The molecule has 0 aliphatic carbocycles. The van der Waals surface area contributed by atoms with Gasteiger partial charge in [0.25, 0.3) is 0 Å². The summed E-state index contributed by atoms with van der Waals surface area (Å²) >= 11 is 0. The Labute approximate surface area is 146 Å². The minimum atomic E-state index is 0.124. The van der Waals surface area contributed by atoms with Gasteiger partial charge in [-0.05, 0) is 37.8 Å². The number of nitriles is 2. The summed E-state index contributed by atoms with van der Waals surface area (Å²) in [5.74, 6) is 0.466. The molecule has 124 valence electrons. The van der Waals surface area contributed by atoms with Gasteiger partial charge in [-0.2, -0.15) is 10.5 Å². The number of aromatic nitrogens is 1. The van der Waals surface area contributed by atoms with Gasteiger partial charge in [0, 0.05) is 23.7 Å². The van der Waals surface area contributed by atoms with Crippen molar-refractivity contribution in [3.05, 3.63) is 47.5 Å². The van der Waals surface area contributed by atoms with E-state index in [9.17, 15) is 10.5 Å². The molecule has 2 aliphatic rings. The number of nitrogens with zero attached hydrogens (tertiary/aromatic N) is 3. The van der Waals surface area contributed by atoms with Crippen molar-refractivity contribution >= 4 is 0 Å². The van der Waals surface area contributed by atoms with Crippen LogP contribution in [0.2, 0.25) is 0 Å². The van der Waals surface area contributed by atoms with Crippen molar-refractivity contribution in [2.24, 2.45) is 0 Å². The molecular weight excluding hydrogens is 312 g/mol. The molecule has 1 N–H and O–H groups in total. The number of benzene rings is 1. The first-order chi connectivity index (χ1) is 12.2. The Bertz CT molecular complexity index is 868. The lowest BCUT2D eigenvalue weighted by molar-refractivity contribution is 0.132. The monoisotopic (exact) mass is 330 g/mol. The molecule has 2 bridgehead atoms. The SMILES string of the molecule is N#Cc1cc(O[C@@H]2C[C@H]3CC[C@@H](C2)N3)nc(-c2ccccc2C#N)c1. The molecule has 3 atom stereocenters. The Morgan fingerprint density at radius 1 is 1.04 bits per heavy atom. The van der Waals surface area contributed by atoms with Crippen LogP contribution in [0.15, 0.2) is 36.4 Å². The minimum Gasteiger partial charge on any atom is -0.474 e. The molecule has 2 saturated heterocycles. The highest BCUT2D eigenvalue weighted by molar-refractivity contribution is 5.68. The Morgan fingerprint density at radius 3 is 2.52 bits per heavy atom. The largest absolute Gasteiger partial charge is 0.474 e. The van der Waals surface area contributed by atoms with Gasteiger partial charge in [-0.25, -0.2) is 4.98 Å². The van der Waals surface area contributed by atoms with Gasteiger partial charge in [-0.3, -0.25) is 0 Å². The number of pyridine rings is 1. The summed E-state index contributed by atoms with van der Waals surface area (Å²) in [6.07, 6.45) is 4.48. The summed E-state index contributed by atoms with van der Waals surface area (Å²) in [6.45, 7) is 0. The van der Waals surface area contributed by atoms with Gasteiger partial charge < -0.3 is 10.1 Å². The topological polar surface area (TPSA) is 81.7 Å². The van der Waals surface area contributed by atoms with E-state index < -0.39 is 0 Å².